The summed E-state index contributed by atoms with van der Waals surface area (Å²) in [5.74, 6) is 0.319. The van der Waals surface area contributed by atoms with Gasteiger partial charge < -0.3 is 15.5 Å². The smallest absolute Gasteiger partial charge is 0.120 e. The van der Waals surface area contributed by atoms with Gasteiger partial charge in [-0.1, -0.05) is 36.9 Å². The first-order valence-corrected chi connectivity index (χ1v) is 6.31. The van der Waals surface area contributed by atoms with E-state index in [1.165, 1.54) is 12.1 Å². The third-order valence-corrected chi connectivity index (χ3v) is 2.94. The summed E-state index contributed by atoms with van der Waals surface area (Å²) in [6, 6.07) is 5.07. The van der Waals surface area contributed by atoms with Gasteiger partial charge in [-0.05, 0) is 36.7 Å². The molecule has 3 nitrogen and oxygen atoms in total. The highest BCUT2D eigenvalue weighted by molar-refractivity contribution is 6.30. The molecule has 0 heterocycles. The maximum atomic E-state index is 9.68. The number of benzene rings is 1. The highest BCUT2D eigenvalue weighted by Gasteiger charge is 2.02. The number of phenolic OH excluding ortho intramolecular Hbond substituents is 1. The molecule has 0 unspecified atom stereocenters. The Labute approximate surface area is 118 Å². The summed E-state index contributed by atoms with van der Waals surface area (Å²) in [5.41, 5.74) is 1.52. The van der Waals surface area contributed by atoms with Crippen molar-refractivity contribution in [3.63, 3.8) is 0 Å². The molecule has 0 fully saturated rings. The average molecular weight is 280 g/mol. The van der Waals surface area contributed by atoms with Gasteiger partial charge in [-0.25, -0.2) is 0 Å². The van der Waals surface area contributed by atoms with Gasteiger partial charge in [0.25, 0.3) is 0 Å². The Kier molecular flexibility index (Phi) is 6.19. The lowest BCUT2D eigenvalue weighted by Crippen LogP contribution is -2.20. The zero-order valence-electron chi connectivity index (χ0n) is 10.7. The van der Waals surface area contributed by atoms with Crippen LogP contribution in [0, 0.1) is 0 Å². The molecule has 0 amide bonds. The van der Waals surface area contributed by atoms with Crippen molar-refractivity contribution in [2.75, 3.05) is 13.1 Å². The van der Waals surface area contributed by atoms with Gasteiger partial charge >= 0.3 is 0 Å². The average Bonchev–Trinajstić information content (AvgIpc) is 2.40. The summed E-state index contributed by atoms with van der Waals surface area (Å²) in [6.07, 6.45) is 3.63. The fraction of sp³-hybridized carbons (Fsp3) is 0.200. The van der Waals surface area contributed by atoms with Crippen molar-refractivity contribution >= 4 is 11.6 Å². The maximum absolute atomic E-state index is 9.68. The summed E-state index contributed by atoms with van der Waals surface area (Å²) in [4.78, 5) is 0. The molecule has 0 aromatic heterocycles. The quantitative estimate of drug-likeness (QED) is 0.407. The second-order valence-corrected chi connectivity index (χ2v) is 4.45. The van der Waals surface area contributed by atoms with Gasteiger partial charge in [0.15, 0.2) is 0 Å². The van der Waals surface area contributed by atoms with E-state index >= 15 is 0 Å². The van der Waals surface area contributed by atoms with Crippen LogP contribution in [-0.4, -0.2) is 23.3 Å². The van der Waals surface area contributed by atoms with Crippen LogP contribution in [0.15, 0.2) is 54.8 Å². The molecule has 1 rings (SSSR count). The normalized spacial score (nSPS) is 11.8. The van der Waals surface area contributed by atoms with E-state index in [1.807, 2.05) is 0 Å². The number of hydrogen-bond acceptors (Lipinski definition) is 3. The first kappa shape index (κ1) is 15.3. The molecule has 0 atom stereocenters. The van der Waals surface area contributed by atoms with Gasteiger partial charge in [0.1, 0.15) is 11.5 Å². The lowest BCUT2D eigenvalue weighted by Gasteiger charge is -2.08. The molecule has 19 heavy (non-hydrogen) atoms. The largest absolute Gasteiger partial charge is 0.508 e. The van der Waals surface area contributed by atoms with E-state index < -0.39 is 0 Å². The highest BCUT2D eigenvalue weighted by Crippen LogP contribution is 2.21. The molecular formula is C15H18ClNO2. The van der Waals surface area contributed by atoms with Crippen LogP contribution in [0.25, 0.3) is 0 Å². The number of phenols is 1. The summed E-state index contributed by atoms with van der Waals surface area (Å²) in [5, 5.41) is 22.9. The highest BCUT2D eigenvalue weighted by atomic mass is 35.5. The van der Waals surface area contributed by atoms with E-state index in [-0.39, 0.29) is 11.5 Å². The molecule has 3 N–H and O–H groups in total. The van der Waals surface area contributed by atoms with Crippen molar-refractivity contribution in [2.24, 2.45) is 0 Å². The molecular weight excluding hydrogens is 262 g/mol. The molecule has 1 aromatic rings. The maximum Gasteiger partial charge on any atom is 0.120 e. The fourth-order valence-corrected chi connectivity index (χ4v) is 1.76. The van der Waals surface area contributed by atoms with Crippen molar-refractivity contribution in [1.29, 1.82) is 0 Å². The third kappa shape index (κ3) is 4.81. The molecule has 0 saturated heterocycles. The Morgan fingerprint density at radius 2 is 2.05 bits per heavy atom. The molecule has 0 aliphatic rings. The number of rotatable bonds is 7. The van der Waals surface area contributed by atoms with E-state index in [0.29, 0.717) is 30.1 Å². The van der Waals surface area contributed by atoms with Crippen LogP contribution in [0.5, 0.6) is 5.75 Å². The zero-order chi connectivity index (χ0) is 14.3. The van der Waals surface area contributed by atoms with E-state index in [9.17, 15) is 10.2 Å². The molecule has 102 valence electrons. The number of aromatic hydroxyl groups is 1. The number of allylic oxidation sites excluding steroid dienone is 1. The second kappa shape index (κ2) is 7.67. The summed E-state index contributed by atoms with van der Waals surface area (Å²) >= 11 is 5.76. The van der Waals surface area contributed by atoms with Crippen molar-refractivity contribution in [3.8, 4) is 5.75 Å². The predicted octanol–water partition coefficient (Wildman–Crippen LogP) is 3.36. The molecule has 0 aliphatic heterocycles. The monoisotopic (exact) mass is 279 g/mol. The number of hydrogen-bond donors (Lipinski definition) is 3. The van der Waals surface area contributed by atoms with Crippen LogP contribution in [0.2, 0.25) is 5.02 Å². The minimum absolute atomic E-state index is 0.122. The van der Waals surface area contributed by atoms with E-state index in [2.05, 4.69) is 18.5 Å². The van der Waals surface area contributed by atoms with Crippen LogP contribution in [-0.2, 0) is 6.42 Å². The van der Waals surface area contributed by atoms with Crippen molar-refractivity contribution in [2.45, 2.75) is 6.42 Å². The van der Waals surface area contributed by atoms with E-state index in [0.717, 1.165) is 5.56 Å². The van der Waals surface area contributed by atoms with Crippen molar-refractivity contribution in [1.82, 2.24) is 5.32 Å². The van der Waals surface area contributed by atoms with Gasteiger partial charge in [-0.3, -0.25) is 0 Å². The summed E-state index contributed by atoms with van der Waals surface area (Å²) < 4.78 is 0. The van der Waals surface area contributed by atoms with Gasteiger partial charge in [0.05, 0.1) is 0 Å². The summed E-state index contributed by atoms with van der Waals surface area (Å²) in [6.45, 7) is 8.29. The minimum atomic E-state index is 0.122. The molecule has 0 aliphatic carbocycles. The lowest BCUT2D eigenvalue weighted by molar-refractivity contribution is 0.425. The van der Waals surface area contributed by atoms with Crippen LogP contribution >= 0.6 is 11.6 Å². The molecule has 0 spiro atoms. The first-order valence-electron chi connectivity index (χ1n) is 5.93. The molecule has 1 aromatic carbocycles. The molecule has 0 radical (unpaired) electrons. The van der Waals surface area contributed by atoms with Crippen molar-refractivity contribution < 1.29 is 10.2 Å². The first-order chi connectivity index (χ1) is 9.08. The SMILES string of the molecule is C=C/C(O)=C(\C=C)CNCCc1ccc(Cl)cc1O. The second-order valence-electron chi connectivity index (χ2n) is 4.02. The molecule has 0 saturated carbocycles. The topological polar surface area (TPSA) is 52.5 Å². The number of aliphatic hydroxyl groups excluding tert-OH is 1. The number of halogens is 1. The van der Waals surface area contributed by atoms with Crippen LogP contribution in [0.1, 0.15) is 5.56 Å². The Morgan fingerprint density at radius 1 is 1.32 bits per heavy atom. The Bertz CT molecular complexity index is 495. The predicted molar refractivity (Wildman–Crippen MR) is 79.7 cm³/mol. The van der Waals surface area contributed by atoms with Crippen LogP contribution < -0.4 is 5.32 Å². The Hall–Kier alpha value is -1.71. The van der Waals surface area contributed by atoms with Gasteiger partial charge in [-0.2, -0.15) is 0 Å². The zero-order valence-corrected chi connectivity index (χ0v) is 11.5. The van der Waals surface area contributed by atoms with Gasteiger partial charge in [-0.15, -0.1) is 0 Å². The van der Waals surface area contributed by atoms with E-state index in [1.54, 1.807) is 18.2 Å². The van der Waals surface area contributed by atoms with Gasteiger partial charge in [0, 0.05) is 17.1 Å². The van der Waals surface area contributed by atoms with Gasteiger partial charge in [0.2, 0.25) is 0 Å². The van der Waals surface area contributed by atoms with Crippen molar-refractivity contribution in [3.05, 3.63) is 65.4 Å². The fourth-order valence-electron chi connectivity index (χ4n) is 1.59. The third-order valence-electron chi connectivity index (χ3n) is 2.70. The van der Waals surface area contributed by atoms with Crippen LogP contribution in [0.4, 0.5) is 0 Å². The standard InChI is InChI=1S/C15H18ClNO2/c1-3-11(14(18)4-2)10-17-8-7-12-5-6-13(16)9-15(12)19/h3-6,9,17-19H,1-2,7-8,10H2/b14-11-. The Morgan fingerprint density at radius 3 is 2.63 bits per heavy atom. The number of nitrogens with one attached hydrogen (secondary N) is 1. The van der Waals surface area contributed by atoms with Crippen LogP contribution in [0.3, 0.4) is 0 Å². The lowest BCUT2D eigenvalue weighted by atomic mass is 10.1. The molecule has 4 heteroatoms. The summed E-state index contributed by atoms with van der Waals surface area (Å²) in [7, 11) is 0. The molecule has 0 bridgehead atoms. The Balaban J connectivity index is 2.47. The minimum Gasteiger partial charge on any atom is -0.508 e. The van der Waals surface area contributed by atoms with E-state index in [4.69, 9.17) is 11.6 Å². The number of aliphatic hydroxyl groups is 1.